The van der Waals surface area contributed by atoms with Crippen molar-refractivity contribution >= 4 is 16.7 Å². The molecule has 0 aromatic carbocycles. The second kappa shape index (κ2) is 7.85. The van der Waals surface area contributed by atoms with E-state index in [0.29, 0.717) is 5.41 Å². The minimum absolute atomic E-state index is 0. The normalized spacial score (nSPS) is 15.4. The molecule has 3 nitrogen and oxygen atoms in total. The maximum atomic E-state index is 11.5. The first-order valence-electron chi connectivity index (χ1n) is 6.34. The zero-order valence-electron chi connectivity index (χ0n) is 11.8. The van der Waals surface area contributed by atoms with E-state index in [1.54, 1.807) is 6.26 Å². The van der Waals surface area contributed by atoms with Crippen molar-refractivity contribution in [1.82, 2.24) is 5.32 Å². The van der Waals surface area contributed by atoms with Gasteiger partial charge < -0.3 is 5.32 Å². The van der Waals surface area contributed by atoms with Crippen molar-refractivity contribution in [2.24, 2.45) is 5.41 Å². The number of rotatable bonds is 7. The molecule has 0 saturated carbocycles. The molecule has 0 aliphatic heterocycles. The molecule has 0 aliphatic carbocycles. The van der Waals surface area contributed by atoms with Crippen molar-refractivity contribution in [1.29, 1.82) is 0 Å². The first-order valence-corrected chi connectivity index (χ1v) is 8.06. The minimum atomic E-state index is -1.05. The predicted octanol–water partition coefficient (Wildman–Crippen LogP) is 2.72. The lowest BCUT2D eigenvalue weighted by Crippen LogP contribution is -2.37. The summed E-state index contributed by atoms with van der Waals surface area (Å²) in [7, 11) is -1.05. The van der Waals surface area contributed by atoms with Gasteiger partial charge in [0.15, 0.2) is 0 Å². The van der Waals surface area contributed by atoms with Gasteiger partial charge in [0.1, 0.15) is 5.75 Å². The van der Waals surface area contributed by atoms with E-state index in [1.807, 2.05) is 0 Å². The Hall–Kier alpha value is -0.380. The fourth-order valence-electron chi connectivity index (χ4n) is 1.71. The summed E-state index contributed by atoms with van der Waals surface area (Å²) in [6.45, 7) is 8.76. The highest BCUT2D eigenvalue weighted by Gasteiger charge is 2.14. The summed E-state index contributed by atoms with van der Waals surface area (Å²) in [4.78, 5) is 11.5. The van der Waals surface area contributed by atoms with Crippen LogP contribution in [0.2, 0.25) is 0 Å². The minimum Gasteiger partial charge on any atom is -0.353 e. The van der Waals surface area contributed by atoms with Gasteiger partial charge in [-0.15, -0.1) is 0 Å². The van der Waals surface area contributed by atoms with Crippen LogP contribution in [0.4, 0.5) is 0 Å². The van der Waals surface area contributed by atoms with Crippen LogP contribution < -0.4 is 5.32 Å². The van der Waals surface area contributed by atoms with Gasteiger partial charge in [-0.3, -0.25) is 9.00 Å². The molecule has 4 heteroatoms. The zero-order valence-corrected chi connectivity index (χ0v) is 12.7. The topological polar surface area (TPSA) is 46.2 Å². The Balaban J connectivity index is 0. The molecule has 2 unspecified atom stereocenters. The maximum Gasteiger partial charge on any atom is 0.232 e. The molecular formula is C13H29NO2S. The quantitative estimate of drug-likeness (QED) is 0.767. The molecule has 0 aliphatic rings. The third-order valence-electron chi connectivity index (χ3n) is 2.67. The molecule has 0 rings (SSSR count). The zero-order chi connectivity index (χ0) is 13.5. The molecule has 0 radical (unpaired) electrons. The molecule has 0 fully saturated rings. The fraction of sp³-hybridized carbons (Fsp3) is 0.923. The summed E-state index contributed by atoms with van der Waals surface area (Å²) in [5, 5.41) is 2.95. The highest BCUT2D eigenvalue weighted by Crippen LogP contribution is 2.22. The molecule has 0 saturated heterocycles. The van der Waals surface area contributed by atoms with Crippen molar-refractivity contribution in [3.05, 3.63) is 0 Å². The van der Waals surface area contributed by atoms with E-state index in [-0.39, 0.29) is 19.1 Å². The van der Waals surface area contributed by atoms with E-state index in [2.05, 4.69) is 33.0 Å². The van der Waals surface area contributed by atoms with Crippen LogP contribution in [0, 0.1) is 5.41 Å². The van der Waals surface area contributed by atoms with Crippen LogP contribution in [0.5, 0.6) is 0 Å². The lowest BCUT2D eigenvalue weighted by atomic mass is 9.89. The van der Waals surface area contributed by atoms with Gasteiger partial charge in [-0.25, -0.2) is 0 Å². The lowest BCUT2D eigenvalue weighted by molar-refractivity contribution is -0.119. The maximum absolute atomic E-state index is 11.5. The Bertz CT molecular complexity index is 264. The standard InChI is InChI=1S/C13H27NO2S.H2/c1-6-11(8-7-9-13(2,3)4)14-12(15)10-17(5)16;/h11H,6-10H2,1-5H3,(H,14,15);1H. The van der Waals surface area contributed by atoms with Crippen molar-refractivity contribution in [2.45, 2.75) is 59.4 Å². The van der Waals surface area contributed by atoms with Gasteiger partial charge in [0.2, 0.25) is 5.91 Å². The van der Waals surface area contributed by atoms with Gasteiger partial charge in [0.25, 0.3) is 0 Å². The highest BCUT2D eigenvalue weighted by molar-refractivity contribution is 7.85. The number of carbonyl (C=O) groups is 1. The number of amides is 1. The van der Waals surface area contributed by atoms with Gasteiger partial charge in [-0.2, -0.15) is 0 Å². The summed E-state index contributed by atoms with van der Waals surface area (Å²) < 4.78 is 10.9. The van der Waals surface area contributed by atoms with Crippen LogP contribution in [0.25, 0.3) is 0 Å². The molecular weight excluding hydrogens is 234 g/mol. The summed E-state index contributed by atoms with van der Waals surface area (Å²) in [6, 6.07) is 0.230. The Morgan fingerprint density at radius 3 is 2.41 bits per heavy atom. The largest absolute Gasteiger partial charge is 0.353 e. The molecule has 0 aromatic heterocycles. The molecule has 0 spiro atoms. The molecule has 0 aromatic rings. The third-order valence-corrected chi connectivity index (χ3v) is 3.34. The fourth-order valence-corrected chi connectivity index (χ4v) is 2.16. The molecule has 17 heavy (non-hydrogen) atoms. The summed E-state index contributed by atoms with van der Waals surface area (Å²) in [5.74, 6) is 0.0314. The molecule has 1 N–H and O–H groups in total. The summed E-state index contributed by atoms with van der Waals surface area (Å²) in [6.07, 6.45) is 5.79. The monoisotopic (exact) mass is 263 g/mol. The highest BCUT2D eigenvalue weighted by atomic mass is 32.2. The Morgan fingerprint density at radius 2 is 2.00 bits per heavy atom. The predicted molar refractivity (Wildman–Crippen MR) is 76.6 cm³/mol. The van der Waals surface area contributed by atoms with E-state index in [9.17, 15) is 9.00 Å². The van der Waals surface area contributed by atoms with Crippen molar-refractivity contribution in [3.8, 4) is 0 Å². The third kappa shape index (κ3) is 10.5. The van der Waals surface area contributed by atoms with Crippen LogP contribution >= 0.6 is 0 Å². The van der Waals surface area contributed by atoms with Crippen LogP contribution in [-0.2, 0) is 15.6 Å². The average Bonchev–Trinajstić information content (AvgIpc) is 2.12. The smallest absolute Gasteiger partial charge is 0.232 e. The molecule has 0 heterocycles. The van der Waals surface area contributed by atoms with Gasteiger partial charge in [0.05, 0.1) is 0 Å². The molecule has 2 atom stereocenters. The molecule has 0 bridgehead atoms. The lowest BCUT2D eigenvalue weighted by Gasteiger charge is -2.21. The second-order valence-electron chi connectivity index (χ2n) is 5.84. The van der Waals surface area contributed by atoms with Crippen LogP contribution in [0.15, 0.2) is 0 Å². The van der Waals surface area contributed by atoms with Gasteiger partial charge in [0, 0.05) is 24.5 Å². The summed E-state index contributed by atoms with van der Waals surface area (Å²) in [5.41, 5.74) is 0.354. The first kappa shape index (κ1) is 16.6. The van der Waals surface area contributed by atoms with Crippen molar-refractivity contribution < 1.29 is 10.4 Å². The SMILES string of the molecule is CCC(CCCC(C)(C)C)NC(=O)CS(C)=O.[HH]. The Labute approximate surface area is 110 Å². The van der Waals surface area contributed by atoms with E-state index in [0.717, 1.165) is 19.3 Å². The van der Waals surface area contributed by atoms with E-state index < -0.39 is 10.8 Å². The van der Waals surface area contributed by atoms with Gasteiger partial charge in [-0.1, -0.05) is 34.1 Å². The van der Waals surface area contributed by atoms with Crippen LogP contribution in [0.3, 0.4) is 0 Å². The molecule has 1 amide bonds. The van der Waals surface area contributed by atoms with Gasteiger partial charge >= 0.3 is 0 Å². The van der Waals surface area contributed by atoms with E-state index >= 15 is 0 Å². The Kier molecular flexibility index (Phi) is 7.68. The van der Waals surface area contributed by atoms with Crippen molar-refractivity contribution in [2.75, 3.05) is 12.0 Å². The molecule has 104 valence electrons. The van der Waals surface area contributed by atoms with Crippen molar-refractivity contribution in [3.63, 3.8) is 0 Å². The number of nitrogens with one attached hydrogen (secondary N) is 1. The first-order chi connectivity index (χ1) is 7.74. The van der Waals surface area contributed by atoms with Crippen LogP contribution in [-0.4, -0.2) is 28.2 Å². The van der Waals surface area contributed by atoms with Gasteiger partial charge in [-0.05, 0) is 24.7 Å². The Morgan fingerprint density at radius 1 is 1.41 bits per heavy atom. The number of carbonyl (C=O) groups excluding carboxylic acids is 1. The number of hydrogen-bond acceptors (Lipinski definition) is 2. The second-order valence-corrected chi connectivity index (χ2v) is 7.28. The van der Waals surface area contributed by atoms with Crippen LogP contribution in [0.1, 0.15) is 54.8 Å². The summed E-state index contributed by atoms with van der Waals surface area (Å²) >= 11 is 0. The average molecular weight is 263 g/mol. The van der Waals surface area contributed by atoms with E-state index in [1.165, 1.54) is 6.42 Å². The number of hydrogen-bond donors (Lipinski definition) is 1. The van der Waals surface area contributed by atoms with E-state index in [4.69, 9.17) is 0 Å².